The number of benzene rings is 1. The number of aromatic nitrogens is 1. The van der Waals surface area contributed by atoms with E-state index in [4.69, 9.17) is 0 Å². The Morgan fingerprint density at radius 2 is 1.74 bits per heavy atom. The fourth-order valence-electron chi connectivity index (χ4n) is 1.57. The van der Waals surface area contributed by atoms with E-state index in [9.17, 15) is 9.18 Å². The van der Waals surface area contributed by atoms with E-state index in [1.807, 2.05) is 12.1 Å². The molecule has 2 aromatic rings. The van der Waals surface area contributed by atoms with E-state index >= 15 is 0 Å². The molecule has 0 aliphatic heterocycles. The second-order valence-corrected chi connectivity index (χ2v) is 4.02. The first kappa shape index (κ1) is 13.0. The largest absolute Gasteiger partial charge is 0.334 e. The minimum Gasteiger partial charge on any atom is -0.334 e. The van der Waals surface area contributed by atoms with Crippen LogP contribution in [-0.2, 0) is 13.1 Å². The predicted octanol–water partition coefficient (Wildman–Crippen LogP) is 2.22. The molecule has 0 spiro atoms. The van der Waals surface area contributed by atoms with E-state index in [1.165, 1.54) is 12.1 Å². The Kier molecular flexibility index (Phi) is 4.44. The van der Waals surface area contributed by atoms with Crippen molar-refractivity contribution in [2.45, 2.75) is 13.1 Å². The summed E-state index contributed by atoms with van der Waals surface area (Å²) in [6.07, 6.45) is 3.34. The lowest BCUT2D eigenvalue weighted by atomic mass is 10.2. The number of amides is 2. The molecule has 19 heavy (non-hydrogen) atoms. The molecule has 0 atom stereocenters. The zero-order valence-electron chi connectivity index (χ0n) is 10.3. The van der Waals surface area contributed by atoms with Gasteiger partial charge in [-0.25, -0.2) is 9.18 Å². The molecule has 4 nitrogen and oxygen atoms in total. The van der Waals surface area contributed by atoms with Gasteiger partial charge < -0.3 is 10.6 Å². The lowest BCUT2D eigenvalue weighted by Gasteiger charge is -2.07. The molecular weight excluding hydrogens is 245 g/mol. The third-order valence-electron chi connectivity index (χ3n) is 2.54. The van der Waals surface area contributed by atoms with Crippen LogP contribution in [0.1, 0.15) is 11.1 Å². The molecule has 2 N–H and O–H groups in total. The third kappa shape index (κ3) is 4.39. The zero-order valence-corrected chi connectivity index (χ0v) is 10.3. The van der Waals surface area contributed by atoms with Gasteiger partial charge in [-0.3, -0.25) is 4.98 Å². The maximum atomic E-state index is 12.9. The number of nitrogens with one attached hydrogen (secondary N) is 2. The molecular formula is C14H14FN3O. The maximum Gasteiger partial charge on any atom is 0.315 e. The van der Waals surface area contributed by atoms with E-state index in [-0.39, 0.29) is 11.8 Å². The number of nitrogens with zero attached hydrogens (tertiary/aromatic N) is 1. The number of rotatable bonds is 4. The first-order valence-corrected chi connectivity index (χ1v) is 5.89. The first-order chi connectivity index (χ1) is 9.24. The van der Waals surface area contributed by atoms with Crippen molar-refractivity contribution in [1.82, 2.24) is 15.6 Å². The van der Waals surface area contributed by atoms with Gasteiger partial charge in [0.15, 0.2) is 0 Å². The van der Waals surface area contributed by atoms with Gasteiger partial charge in [-0.1, -0.05) is 12.1 Å². The van der Waals surface area contributed by atoms with Crippen molar-refractivity contribution < 1.29 is 9.18 Å². The molecule has 0 aliphatic carbocycles. The second-order valence-electron chi connectivity index (χ2n) is 4.02. The van der Waals surface area contributed by atoms with Gasteiger partial charge in [0.1, 0.15) is 5.82 Å². The molecule has 2 rings (SSSR count). The molecule has 98 valence electrons. The summed E-state index contributed by atoms with van der Waals surface area (Å²) < 4.78 is 12.9. The quantitative estimate of drug-likeness (QED) is 0.884. The van der Waals surface area contributed by atoms with Crippen LogP contribution in [0.25, 0.3) is 0 Å². The molecule has 0 radical (unpaired) electrons. The van der Waals surface area contributed by atoms with Crippen molar-refractivity contribution >= 4 is 6.03 Å². The fraction of sp³-hybridized carbons (Fsp3) is 0.143. The van der Waals surface area contributed by atoms with Crippen LogP contribution in [-0.4, -0.2) is 11.0 Å². The minimum absolute atomic E-state index is 0.291. The molecule has 0 bridgehead atoms. The highest BCUT2D eigenvalue weighted by Crippen LogP contribution is 2.02. The molecule has 1 heterocycles. The Hall–Kier alpha value is -2.43. The third-order valence-corrected chi connectivity index (χ3v) is 2.54. The van der Waals surface area contributed by atoms with Gasteiger partial charge in [0, 0.05) is 25.5 Å². The number of urea groups is 1. The molecule has 0 saturated heterocycles. The monoisotopic (exact) mass is 259 g/mol. The summed E-state index contributed by atoms with van der Waals surface area (Å²) in [6.45, 7) is 0.720. The summed E-state index contributed by atoms with van der Waals surface area (Å²) in [5.41, 5.74) is 1.69. The normalized spacial score (nSPS) is 9.95. The smallest absolute Gasteiger partial charge is 0.315 e. The van der Waals surface area contributed by atoms with Crippen molar-refractivity contribution in [1.29, 1.82) is 0 Å². The van der Waals surface area contributed by atoms with Crippen LogP contribution < -0.4 is 10.6 Å². The number of pyridine rings is 1. The van der Waals surface area contributed by atoms with Crippen LogP contribution in [0.5, 0.6) is 0 Å². The van der Waals surface area contributed by atoms with Gasteiger partial charge in [0.2, 0.25) is 0 Å². The van der Waals surface area contributed by atoms with Crippen molar-refractivity contribution in [3.63, 3.8) is 0 Å². The summed E-state index contributed by atoms with van der Waals surface area (Å²) in [6, 6.07) is 9.49. The summed E-state index contributed by atoms with van der Waals surface area (Å²) in [5.74, 6) is -0.309. The highest BCUT2D eigenvalue weighted by molar-refractivity contribution is 5.73. The Labute approximate surface area is 110 Å². The lowest BCUT2D eigenvalue weighted by Crippen LogP contribution is -2.34. The molecule has 0 fully saturated rings. The van der Waals surface area contributed by atoms with E-state index < -0.39 is 0 Å². The van der Waals surface area contributed by atoms with Crippen LogP contribution in [0.15, 0.2) is 48.8 Å². The van der Waals surface area contributed by atoms with Gasteiger partial charge in [0.05, 0.1) is 0 Å². The fourth-order valence-corrected chi connectivity index (χ4v) is 1.57. The SMILES string of the molecule is O=C(NCc1ccncc1)NCc1cccc(F)c1. The standard InChI is InChI=1S/C14H14FN3O/c15-13-3-1-2-12(8-13)10-18-14(19)17-9-11-4-6-16-7-5-11/h1-8H,9-10H2,(H2,17,18,19). The second kappa shape index (κ2) is 6.49. The average Bonchev–Trinajstić information content (AvgIpc) is 2.44. The first-order valence-electron chi connectivity index (χ1n) is 5.89. The topological polar surface area (TPSA) is 54.0 Å². The van der Waals surface area contributed by atoms with Crippen molar-refractivity contribution in [2.75, 3.05) is 0 Å². The van der Waals surface area contributed by atoms with Crippen molar-refractivity contribution in [3.05, 3.63) is 65.7 Å². The van der Waals surface area contributed by atoms with Gasteiger partial charge in [-0.05, 0) is 35.4 Å². The number of hydrogen-bond acceptors (Lipinski definition) is 2. The molecule has 2 amide bonds. The van der Waals surface area contributed by atoms with E-state index in [0.29, 0.717) is 13.1 Å². The van der Waals surface area contributed by atoms with E-state index in [0.717, 1.165) is 11.1 Å². The highest BCUT2D eigenvalue weighted by atomic mass is 19.1. The molecule has 0 aliphatic rings. The summed E-state index contributed by atoms with van der Waals surface area (Å²) in [7, 11) is 0. The number of carbonyl (C=O) groups is 1. The van der Waals surface area contributed by atoms with Crippen LogP contribution in [0.2, 0.25) is 0 Å². The van der Waals surface area contributed by atoms with Crippen LogP contribution >= 0.6 is 0 Å². The Balaban J connectivity index is 1.76. The average molecular weight is 259 g/mol. The molecule has 1 aromatic carbocycles. The minimum atomic E-state index is -0.309. The number of carbonyl (C=O) groups excluding carboxylic acids is 1. The van der Waals surface area contributed by atoms with Crippen molar-refractivity contribution in [3.8, 4) is 0 Å². The van der Waals surface area contributed by atoms with Crippen molar-refractivity contribution in [2.24, 2.45) is 0 Å². The van der Waals surface area contributed by atoms with Crippen LogP contribution in [0.4, 0.5) is 9.18 Å². The van der Waals surface area contributed by atoms with Gasteiger partial charge in [0.25, 0.3) is 0 Å². The molecule has 1 aromatic heterocycles. The summed E-state index contributed by atoms with van der Waals surface area (Å²) in [5, 5.41) is 5.38. The molecule has 5 heteroatoms. The van der Waals surface area contributed by atoms with E-state index in [2.05, 4.69) is 15.6 Å². The summed E-state index contributed by atoms with van der Waals surface area (Å²) in [4.78, 5) is 15.4. The Bertz CT molecular complexity index is 545. The van der Waals surface area contributed by atoms with Gasteiger partial charge >= 0.3 is 6.03 Å². The number of halogens is 1. The lowest BCUT2D eigenvalue weighted by molar-refractivity contribution is 0.240. The molecule has 0 unspecified atom stereocenters. The van der Waals surface area contributed by atoms with Gasteiger partial charge in [-0.15, -0.1) is 0 Å². The van der Waals surface area contributed by atoms with E-state index in [1.54, 1.807) is 24.5 Å². The number of hydrogen-bond donors (Lipinski definition) is 2. The summed E-state index contributed by atoms with van der Waals surface area (Å²) >= 11 is 0. The maximum absolute atomic E-state index is 12.9. The zero-order chi connectivity index (χ0) is 13.5. The predicted molar refractivity (Wildman–Crippen MR) is 69.7 cm³/mol. The Morgan fingerprint density at radius 1 is 1.05 bits per heavy atom. The Morgan fingerprint density at radius 3 is 2.42 bits per heavy atom. The molecule has 0 saturated carbocycles. The van der Waals surface area contributed by atoms with Crippen LogP contribution in [0, 0.1) is 5.82 Å². The van der Waals surface area contributed by atoms with Gasteiger partial charge in [-0.2, -0.15) is 0 Å². The highest BCUT2D eigenvalue weighted by Gasteiger charge is 2.01. The van der Waals surface area contributed by atoms with Crippen LogP contribution in [0.3, 0.4) is 0 Å².